The SMILES string of the molecule is CCSC1=NC2(CCN(S(=O)(=O)c3ccc(F)c(Cl)c3)CC2)N=C1c1ccccc1. The van der Waals surface area contributed by atoms with Crippen LogP contribution in [0.4, 0.5) is 4.39 Å². The van der Waals surface area contributed by atoms with Crippen molar-refractivity contribution in [2.45, 2.75) is 30.3 Å². The first-order chi connectivity index (χ1) is 14.3. The maximum Gasteiger partial charge on any atom is 0.243 e. The van der Waals surface area contributed by atoms with Crippen molar-refractivity contribution >= 4 is 44.1 Å². The summed E-state index contributed by atoms with van der Waals surface area (Å²) in [6, 6.07) is 13.4. The molecule has 158 valence electrons. The Labute approximate surface area is 185 Å². The van der Waals surface area contributed by atoms with E-state index in [-0.39, 0.29) is 23.0 Å². The zero-order valence-electron chi connectivity index (χ0n) is 16.4. The Morgan fingerprint density at radius 3 is 2.47 bits per heavy atom. The lowest BCUT2D eigenvalue weighted by Crippen LogP contribution is -2.44. The van der Waals surface area contributed by atoms with Crippen molar-refractivity contribution in [2.75, 3.05) is 18.8 Å². The van der Waals surface area contributed by atoms with Crippen LogP contribution in [0.15, 0.2) is 63.4 Å². The topological polar surface area (TPSA) is 62.1 Å². The Bertz CT molecular complexity index is 1110. The number of halogens is 2. The average molecular weight is 466 g/mol. The molecule has 0 aliphatic carbocycles. The van der Waals surface area contributed by atoms with E-state index in [9.17, 15) is 12.8 Å². The molecule has 1 saturated heterocycles. The minimum Gasteiger partial charge on any atom is -0.252 e. The number of piperidine rings is 1. The highest BCUT2D eigenvalue weighted by Gasteiger charge is 2.42. The van der Waals surface area contributed by atoms with Gasteiger partial charge in [0.25, 0.3) is 0 Å². The number of nitrogens with zero attached hydrogens (tertiary/aromatic N) is 3. The van der Waals surface area contributed by atoms with Crippen molar-refractivity contribution in [1.82, 2.24) is 4.31 Å². The number of benzene rings is 2. The second-order valence-corrected chi connectivity index (χ2v) is 10.7. The Balaban J connectivity index is 1.57. The second-order valence-electron chi connectivity index (χ2n) is 7.14. The van der Waals surface area contributed by atoms with Crippen molar-refractivity contribution in [2.24, 2.45) is 9.98 Å². The van der Waals surface area contributed by atoms with Crippen LogP contribution < -0.4 is 0 Å². The minimum atomic E-state index is -3.76. The van der Waals surface area contributed by atoms with E-state index in [1.807, 2.05) is 30.3 Å². The van der Waals surface area contributed by atoms with Gasteiger partial charge >= 0.3 is 0 Å². The normalized spacial score (nSPS) is 19.0. The first-order valence-electron chi connectivity index (χ1n) is 9.68. The van der Waals surface area contributed by atoms with Crippen LogP contribution in [0.2, 0.25) is 5.02 Å². The first-order valence-corrected chi connectivity index (χ1v) is 12.5. The number of rotatable bonds is 4. The molecule has 2 aliphatic rings. The molecule has 0 amide bonds. The summed E-state index contributed by atoms with van der Waals surface area (Å²) in [4.78, 5) is 9.89. The quantitative estimate of drug-likeness (QED) is 0.662. The summed E-state index contributed by atoms with van der Waals surface area (Å²) >= 11 is 7.43. The van der Waals surface area contributed by atoms with Gasteiger partial charge in [0.15, 0.2) is 5.66 Å². The maximum atomic E-state index is 13.4. The van der Waals surface area contributed by atoms with Crippen molar-refractivity contribution in [3.8, 4) is 0 Å². The molecule has 5 nitrogen and oxygen atoms in total. The van der Waals surface area contributed by atoms with Crippen LogP contribution in [-0.4, -0.2) is 48.0 Å². The predicted octanol–water partition coefficient (Wildman–Crippen LogP) is 4.61. The zero-order valence-corrected chi connectivity index (χ0v) is 18.8. The molecule has 0 bridgehead atoms. The second kappa shape index (κ2) is 8.42. The van der Waals surface area contributed by atoms with Crippen LogP contribution in [-0.2, 0) is 10.0 Å². The Kier molecular flexibility index (Phi) is 6.03. The van der Waals surface area contributed by atoms with E-state index in [0.29, 0.717) is 12.8 Å². The van der Waals surface area contributed by atoms with Crippen LogP contribution >= 0.6 is 23.4 Å². The minimum absolute atomic E-state index is 0.00419. The van der Waals surface area contributed by atoms with Gasteiger partial charge in [-0.2, -0.15) is 4.31 Å². The molecule has 0 atom stereocenters. The summed E-state index contributed by atoms with van der Waals surface area (Å²) in [6.07, 6.45) is 0.983. The fourth-order valence-electron chi connectivity index (χ4n) is 3.64. The molecular formula is C21H21ClFN3O2S2. The summed E-state index contributed by atoms with van der Waals surface area (Å²) in [5.41, 5.74) is 1.27. The number of sulfonamides is 1. The Morgan fingerprint density at radius 2 is 1.83 bits per heavy atom. The van der Waals surface area contributed by atoms with E-state index in [2.05, 4.69) is 6.92 Å². The third kappa shape index (κ3) is 4.06. The van der Waals surface area contributed by atoms with Crippen molar-refractivity contribution in [3.05, 3.63) is 64.9 Å². The van der Waals surface area contributed by atoms with Gasteiger partial charge in [-0.25, -0.2) is 17.8 Å². The highest BCUT2D eigenvalue weighted by atomic mass is 35.5. The third-order valence-corrected chi connectivity index (χ3v) is 8.24. The molecule has 0 radical (unpaired) electrons. The molecule has 9 heteroatoms. The molecule has 0 aromatic heterocycles. The highest BCUT2D eigenvalue weighted by Crippen LogP contribution is 2.37. The Morgan fingerprint density at radius 1 is 1.13 bits per heavy atom. The lowest BCUT2D eigenvalue weighted by Gasteiger charge is -2.34. The molecule has 30 heavy (non-hydrogen) atoms. The molecule has 2 aromatic carbocycles. The standard InChI is InChI=1S/C21H21ClFN3O2S2/c1-2-29-20-19(15-6-4-3-5-7-15)24-21(25-20)10-12-26(13-11-21)30(27,28)16-8-9-18(23)17(22)14-16/h3-9,14H,2,10-13H2,1H3. The van der Waals surface area contributed by atoms with Crippen molar-refractivity contribution in [3.63, 3.8) is 0 Å². The fourth-order valence-corrected chi connectivity index (χ4v) is 6.16. The fraction of sp³-hybridized carbons (Fsp3) is 0.333. The van der Waals surface area contributed by atoms with Gasteiger partial charge in [0, 0.05) is 31.5 Å². The van der Waals surface area contributed by atoms with Crippen LogP contribution in [0, 0.1) is 5.82 Å². The lowest BCUT2D eigenvalue weighted by atomic mass is 10.00. The molecule has 4 rings (SSSR count). The smallest absolute Gasteiger partial charge is 0.243 e. The highest BCUT2D eigenvalue weighted by molar-refractivity contribution is 8.15. The van der Waals surface area contributed by atoms with Crippen LogP contribution in [0.1, 0.15) is 25.3 Å². The predicted molar refractivity (Wildman–Crippen MR) is 121 cm³/mol. The Hall–Kier alpha value is -1.74. The van der Waals surface area contributed by atoms with Gasteiger partial charge in [-0.05, 0) is 24.0 Å². The van der Waals surface area contributed by atoms with Crippen LogP contribution in [0.5, 0.6) is 0 Å². The third-order valence-electron chi connectivity index (χ3n) is 5.21. The van der Waals surface area contributed by atoms with E-state index in [0.717, 1.165) is 34.2 Å². The van der Waals surface area contributed by atoms with Gasteiger partial charge in [-0.15, -0.1) is 11.8 Å². The van der Waals surface area contributed by atoms with E-state index in [1.54, 1.807) is 11.8 Å². The summed E-state index contributed by atoms with van der Waals surface area (Å²) in [5.74, 6) is 0.240. The van der Waals surface area contributed by atoms with E-state index in [4.69, 9.17) is 21.6 Å². The average Bonchev–Trinajstić information content (AvgIpc) is 3.09. The molecule has 0 saturated carbocycles. The molecule has 2 aromatic rings. The zero-order chi connectivity index (χ0) is 21.4. The first kappa shape index (κ1) is 21.5. The van der Waals surface area contributed by atoms with Crippen LogP contribution in [0.25, 0.3) is 0 Å². The van der Waals surface area contributed by atoms with Crippen LogP contribution in [0.3, 0.4) is 0 Å². The molecule has 0 N–H and O–H groups in total. The summed E-state index contributed by atoms with van der Waals surface area (Å²) < 4.78 is 40.8. The molecule has 2 aliphatic heterocycles. The number of hydrogen-bond donors (Lipinski definition) is 0. The summed E-state index contributed by atoms with van der Waals surface area (Å²) in [5, 5.41) is 0.702. The molecular weight excluding hydrogens is 445 g/mol. The van der Waals surface area contributed by atoms with Gasteiger partial charge in [0.1, 0.15) is 10.9 Å². The summed E-state index contributed by atoms with van der Waals surface area (Å²) in [7, 11) is -3.76. The van der Waals surface area contributed by atoms with Gasteiger partial charge in [-0.3, -0.25) is 4.99 Å². The van der Waals surface area contributed by atoms with Crippen molar-refractivity contribution in [1.29, 1.82) is 0 Å². The lowest BCUT2D eigenvalue weighted by molar-refractivity contribution is 0.249. The maximum absolute atomic E-state index is 13.4. The largest absolute Gasteiger partial charge is 0.252 e. The van der Waals surface area contributed by atoms with E-state index < -0.39 is 21.5 Å². The van der Waals surface area contributed by atoms with E-state index in [1.165, 1.54) is 10.4 Å². The summed E-state index contributed by atoms with van der Waals surface area (Å²) in [6.45, 7) is 2.65. The van der Waals surface area contributed by atoms with Gasteiger partial charge < -0.3 is 0 Å². The van der Waals surface area contributed by atoms with Gasteiger partial charge in [0.05, 0.1) is 15.6 Å². The number of hydrogen-bond acceptors (Lipinski definition) is 5. The number of thioether (sulfide) groups is 1. The van der Waals surface area contributed by atoms with Gasteiger partial charge in [0.2, 0.25) is 10.0 Å². The monoisotopic (exact) mass is 465 g/mol. The molecule has 2 heterocycles. The molecule has 0 unspecified atom stereocenters. The molecule has 1 fully saturated rings. The van der Waals surface area contributed by atoms with Gasteiger partial charge in [-0.1, -0.05) is 48.9 Å². The van der Waals surface area contributed by atoms with E-state index >= 15 is 0 Å². The van der Waals surface area contributed by atoms with Crippen molar-refractivity contribution < 1.29 is 12.8 Å². The molecule has 1 spiro atoms. The number of aliphatic imine (C=N–C) groups is 2.